The molecule has 2 aliphatic rings. The largest absolute Gasteiger partial charge is 0.294 e. The Morgan fingerprint density at radius 2 is 1.23 bits per heavy atom. The Balaban J connectivity index is 1.76. The summed E-state index contributed by atoms with van der Waals surface area (Å²) in [6.45, 7) is 0. The van der Waals surface area contributed by atoms with Crippen LogP contribution in [0, 0.1) is 0 Å². The molecule has 0 amide bonds. The molecule has 0 aromatic heterocycles. The van der Waals surface area contributed by atoms with Gasteiger partial charge in [-0.1, -0.05) is 66.7 Å². The molecule has 7 heteroatoms. The van der Waals surface area contributed by atoms with Crippen molar-refractivity contribution >= 4 is 25.5 Å². The van der Waals surface area contributed by atoms with E-state index in [2.05, 4.69) is 0 Å². The Morgan fingerprint density at radius 3 is 1.83 bits per heavy atom. The number of rotatable bonds is 5. The minimum absolute atomic E-state index is 0.136. The Morgan fingerprint density at radius 1 is 0.686 bits per heavy atom. The molecule has 3 aromatic carbocycles. The van der Waals surface area contributed by atoms with Crippen molar-refractivity contribution in [3.63, 3.8) is 0 Å². The van der Waals surface area contributed by atoms with E-state index in [0.717, 1.165) is 0 Å². The van der Waals surface area contributed by atoms with Crippen LogP contribution in [0.15, 0.2) is 123 Å². The Kier molecular flexibility index (Phi) is 6.07. The molecule has 0 spiro atoms. The summed E-state index contributed by atoms with van der Waals surface area (Å²) in [6.07, 6.45) is 2.13. The van der Waals surface area contributed by atoms with E-state index in [-0.39, 0.29) is 33.3 Å². The summed E-state index contributed by atoms with van der Waals surface area (Å²) >= 11 is 0. The Labute approximate surface area is 205 Å². The van der Waals surface area contributed by atoms with Gasteiger partial charge in [-0.25, -0.2) is 16.8 Å². The third-order valence-corrected chi connectivity index (χ3v) is 10.8. The fraction of sp³-hybridized carbons (Fsp3) is 0.179. The van der Waals surface area contributed by atoms with E-state index >= 15 is 0 Å². The first-order valence-corrected chi connectivity index (χ1v) is 14.5. The van der Waals surface area contributed by atoms with Gasteiger partial charge in [0.1, 0.15) is 0 Å². The number of carbonyl (C=O) groups is 1. The fourth-order valence-electron chi connectivity index (χ4n) is 5.04. The maximum absolute atomic E-state index is 13.8. The van der Waals surface area contributed by atoms with Gasteiger partial charge >= 0.3 is 0 Å². The molecule has 0 saturated heterocycles. The standard InChI is InChI=1S/C28H24O5S2/c29-24-19-23-25(34(30,31)21-13-6-2-7-14-21)17-10-18-26(35(32,33)22-15-8-3-9-16-22)28(23)27(24)20-11-4-1-5-12-20/h1-9,11-16,19,25,27H,10,17-18H2/t25-,27?/m1/s1. The van der Waals surface area contributed by atoms with Gasteiger partial charge in [-0.15, -0.1) is 0 Å². The van der Waals surface area contributed by atoms with Gasteiger partial charge in [-0.05, 0) is 66.3 Å². The molecule has 1 unspecified atom stereocenters. The Bertz CT molecular complexity index is 1540. The highest BCUT2D eigenvalue weighted by molar-refractivity contribution is 7.95. The first-order chi connectivity index (χ1) is 16.8. The lowest BCUT2D eigenvalue weighted by Gasteiger charge is -2.22. The number of benzene rings is 3. The first kappa shape index (κ1) is 23.5. The van der Waals surface area contributed by atoms with Crippen molar-refractivity contribution in [1.29, 1.82) is 0 Å². The molecule has 0 heterocycles. The number of allylic oxidation sites excluding steroid dienone is 3. The maximum atomic E-state index is 13.8. The number of hydrogen-bond donors (Lipinski definition) is 0. The van der Waals surface area contributed by atoms with Gasteiger partial charge in [0.2, 0.25) is 9.84 Å². The summed E-state index contributed by atoms with van der Waals surface area (Å²) < 4.78 is 55.2. The molecule has 178 valence electrons. The number of sulfone groups is 2. The molecular weight excluding hydrogens is 480 g/mol. The molecule has 2 aliphatic carbocycles. The van der Waals surface area contributed by atoms with Crippen molar-refractivity contribution in [2.75, 3.05) is 0 Å². The van der Waals surface area contributed by atoms with Gasteiger partial charge in [0.15, 0.2) is 15.6 Å². The van der Waals surface area contributed by atoms with Crippen LogP contribution in [0.5, 0.6) is 0 Å². The Hall–Kier alpha value is -3.29. The van der Waals surface area contributed by atoms with E-state index in [1.54, 1.807) is 60.7 Å². The van der Waals surface area contributed by atoms with E-state index in [0.29, 0.717) is 23.1 Å². The number of carbonyl (C=O) groups excluding carboxylic acids is 1. The zero-order valence-corrected chi connectivity index (χ0v) is 20.5. The van der Waals surface area contributed by atoms with E-state index in [1.807, 2.05) is 6.07 Å². The number of ketones is 1. The summed E-state index contributed by atoms with van der Waals surface area (Å²) in [7, 11) is -7.80. The molecule has 5 nitrogen and oxygen atoms in total. The van der Waals surface area contributed by atoms with Crippen LogP contribution in [0.3, 0.4) is 0 Å². The molecule has 0 saturated carbocycles. The molecule has 0 aliphatic heterocycles. The highest BCUT2D eigenvalue weighted by Crippen LogP contribution is 2.48. The van der Waals surface area contributed by atoms with Crippen molar-refractivity contribution in [3.05, 3.63) is 119 Å². The molecule has 0 radical (unpaired) electrons. The van der Waals surface area contributed by atoms with Gasteiger partial charge in [-0.2, -0.15) is 0 Å². The van der Waals surface area contributed by atoms with Crippen molar-refractivity contribution in [2.45, 2.75) is 40.2 Å². The van der Waals surface area contributed by atoms with Crippen LogP contribution in [0.2, 0.25) is 0 Å². The SMILES string of the molecule is O=C1C=C2C(=C(S(=O)(=O)c3ccccc3)CCC[C@H]2S(=O)(=O)c2ccccc2)C1c1ccccc1. The second kappa shape index (κ2) is 9.06. The van der Waals surface area contributed by atoms with E-state index in [4.69, 9.17) is 0 Å². The van der Waals surface area contributed by atoms with Crippen LogP contribution in [0.1, 0.15) is 30.7 Å². The predicted molar refractivity (Wildman–Crippen MR) is 134 cm³/mol. The molecular formula is C28H24O5S2. The molecule has 0 N–H and O–H groups in total. The average Bonchev–Trinajstić information content (AvgIpc) is 3.08. The zero-order chi connectivity index (χ0) is 24.6. The molecule has 0 bridgehead atoms. The number of hydrogen-bond acceptors (Lipinski definition) is 5. The van der Waals surface area contributed by atoms with Crippen LogP contribution in [0.4, 0.5) is 0 Å². The normalized spacial score (nSPS) is 20.8. The molecule has 0 fully saturated rings. The van der Waals surface area contributed by atoms with Crippen LogP contribution >= 0.6 is 0 Å². The summed E-state index contributed by atoms with van der Waals surface area (Å²) in [5, 5.41) is -0.999. The molecule has 3 aromatic rings. The van der Waals surface area contributed by atoms with Crippen molar-refractivity contribution in [1.82, 2.24) is 0 Å². The minimum Gasteiger partial charge on any atom is -0.294 e. The topological polar surface area (TPSA) is 85.3 Å². The van der Waals surface area contributed by atoms with E-state index in [9.17, 15) is 21.6 Å². The van der Waals surface area contributed by atoms with Crippen LogP contribution < -0.4 is 0 Å². The summed E-state index contributed by atoms with van der Waals surface area (Å²) in [5.41, 5.74) is 1.28. The van der Waals surface area contributed by atoms with Crippen molar-refractivity contribution < 1.29 is 21.6 Å². The smallest absolute Gasteiger partial charge is 0.203 e. The minimum atomic E-state index is -3.95. The molecule has 5 rings (SSSR count). The monoisotopic (exact) mass is 504 g/mol. The zero-order valence-electron chi connectivity index (χ0n) is 18.9. The third kappa shape index (κ3) is 4.09. The number of fused-ring (bicyclic) bond motifs is 1. The highest BCUT2D eigenvalue weighted by atomic mass is 32.2. The molecule has 2 atom stereocenters. The second-order valence-corrected chi connectivity index (χ2v) is 12.8. The highest BCUT2D eigenvalue weighted by Gasteiger charge is 2.45. The summed E-state index contributed by atoms with van der Waals surface area (Å²) in [5.74, 6) is -1.15. The van der Waals surface area contributed by atoms with Crippen molar-refractivity contribution in [3.8, 4) is 0 Å². The van der Waals surface area contributed by atoms with E-state index in [1.165, 1.54) is 30.3 Å². The van der Waals surface area contributed by atoms with E-state index < -0.39 is 30.8 Å². The predicted octanol–water partition coefficient (Wildman–Crippen LogP) is 5.03. The van der Waals surface area contributed by atoms with Crippen molar-refractivity contribution in [2.24, 2.45) is 0 Å². The lowest BCUT2D eigenvalue weighted by molar-refractivity contribution is -0.114. The summed E-state index contributed by atoms with van der Waals surface area (Å²) in [6, 6.07) is 25.2. The van der Waals surface area contributed by atoms with Gasteiger partial charge in [0.05, 0.1) is 25.9 Å². The lowest BCUT2D eigenvalue weighted by Crippen LogP contribution is -2.24. The summed E-state index contributed by atoms with van der Waals surface area (Å²) in [4.78, 5) is 13.8. The van der Waals surface area contributed by atoms with Gasteiger partial charge in [0, 0.05) is 0 Å². The molecule has 35 heavy (non-hydrogen) atoms. The average molecular weight is 505 g/mol. The van der Waals surface area contributed by atoms with Gasteiger partial charge in [-0.3, -0.25) is 4.79 Å². The maximum Gasteiger partial charge on any atom is 0.203 e. The van der Waals surface area contributed by atoms with Crippen LogP contribution in [-0.4, -0.2) is 27.9 Å². The third-order valence-electron chi connectivity index (χ3n) is 6.66. The van der Waals surface area contributed by atoms with Gasteiger partial charge in [0.25, 0.3) is 0 Å². The van der Waals surface area contributed by atoms with Gasteiger partial charge < -0.3 is 0 Å². The first-order valence-electron chi connectivity index (χ1n) is 11.4. The fourth-order valence-corrected chi connectivity index (χ4v) is 8.65. The second-order valence-electron chi connectivity index (χ2n) is 8.74. The van der Waals surface area contributed by atoms with Crippen LogP contribution in [-0.2, 0) is 24.5 Å². The lowest BCUT2D eigenvalue weighted by atomic mass is 9.89. The quantitative estimate of drug-likeness (QED) is 0.486. The van der Waals surface area contributed by atoms with Crippen LogP contribution in [0.25, 0.3) is 0 Å².